The van der Waals surface area contributed by atoms with Crippen molar-refractivity contribution >= 4 is 39.0 Å². The van der Waals surface area contributed by atoms with Crippen LogP contribution in [0.5, 0.6) is 0 Å². The Balaban J connectivity index is 2.47. The predicted molar refractivity (Wildman–Crippen MR) is 60.0 cm³/mol. The minimum Gasteiger partial charge on any atom is -0.388 e. The van der Waals surface area contributed by atoms with Crippen LogP contribution in [0.2, 0.25) is 0 Å². The van der Waals surface area contributed by atoms with Crippen molar-refractivity contribution in [1.82, 2.24) is 0 Å². The SMILES string of the molecule is CSCCC(O)c1cc(Br)cs1. The van der Waals surface area contributed by atoms with E-state index in [-0.39, 0.29) is 6.10 Å². The highest BCUT2D eigenvalue weighted by Gasteiger charge is 2.08. The number of thioether (sulfide) groups is 1. The van der Waals surface area contributed by atoms with Crippen LogP contribution in [0.4, 0.5) is 0 Å². The van der Waals surface area contributed by atoms with E-state index in [1.807, 2.05) is 11.4 Å². The maximum absolute atomic E-state index is 9.64. The third kappa shape index (κ3) is 3.09. The molecule has 0 bridgehead atoms. The molecule has 0 saturated carbocycles. The predicted octanol–water partition coefficient (Wildman–Crippen LogP) is 3.30. The van der Waals surface area contributed by atoms with Crippen molar-refractivity contribution in [2.45, 2.75) is 12.5 Å². The minimum absolute atomic E-state index is 0.284. The summed E-state index contributed by atoms with van der Waals surface area (Å²) < 4.78 is 1.06. The van der Waals surface area contributed by atoms with Gasteiger partial charge in [-0.15, -0.1) is 11.3 Å². The molecular formula is C8H11BrOS2. The van der Waals surface area contributed by atoms with Crippen molar-refractivity contribution in [2.24, 2.45) is 0 Å². The number of aliphatic hydroxyl groups excluding tert-OH is 1. The van der Waals surface area contributed by atoms with Gasteiger partial charge in [0.05, 0.1) is 6.10 Å². The molecule has 0 fully saturated rings. The van der Waals surface area contributed by atoms with Crippen molar-refractivity contribution in [2.75, 3.05) is 12.0 Å². The molecule has 1 aromatic rings. The second-order valence-corrected chi connectivity index (χ2v) is 5.31. The van der Waals surface area contributed by atoms with Gasteiger partial charge in [0.1, 0.15) is 0 Å². The van der Waals surface area contributed by atoms with Crippen LogP contribution in [0, 0.1) is 0 Å². The molecule has 1 aromatic heterocycles. The number of thiophene rings is 1. The fourth-order valence-electron chi connectivity index (χ4n) is 0.875. The van der Waals surface area contributed by atoms with E-state index in [2.05, 4.69) is 22.2 Å². The van der Waals surface area contributed by atoms with E-state index in [0.717, 1.165) is 21.5 Å². The molecule has 0 radical (unpaired) electrons. The van der Waals surface area contributed by atoms with Gasteiger partial charge in [-0.25, -0.2) is 0 Å². The Kier molecular flexibility index (Phi) is 4.64. The van der Waals surface area contributed by atoms with E-state index in [1.165, 1.54) is 0 Å². The lowest BCUT2D eigenvalue weighted by molar-refractivity contribution is 0.179. The first kappa shape index (κ1) is 10.6. The van der Waals surface area contributed by atoms with E-state index in [1.54, 1.807) is 23.1 Å². The summed E-state index contributed by atoms with van der Waals surface area (Å²) in [5, 5.41) is 11.6. The zero-order chi connectivity index (χ0) is 8.97. The molecule has 4 heteroatoms. The molecule has 0 spiro atoms. The number of hydrogen-bond acceptors (Lipinski definition) is 3. The molecule has 12 heavy (non-hydrogen) atoms. The van der Waals surface area contributed by atoms with Crippen molar-refractivity contribution in [3.05, 3.63) is 20.8 Å². The van der Waals surface area contributed by atoms with Crippen LogP contribution in [-0.4, -0.2) is 17.1 Å². The van der Waals surface area contributed by atoms with Crippen LogP contribution in [0.3, 0.4) is 0 Å². The lowest BCUT2D eigenvalue weighted by atomic mass is 10.2. The number of hydrogen-bond donors (Lipinski definition) is 1. The van der Waals surface area contributed by atoms with E-state index in [0.29, 0.717) is 0 Å². The second-order valence-electron chi connectivity index (χ2n) is 2.46. The maximum atomic E-state index is 9.64. The zero-order valence-corrected chi connectivity index (χ0v) is 10.0. The van der Waals surface area contributed by atoms with Crippen molar-refractivity contribution in [3.63, 3.8) is 0 Å². The Hall–Kier alpha value is 0.490. The van der Waals surface area contributed by atoms with Gasteiger partial charge in [-0.3, -0.25) is 0 Å². The summed E-state index contributed by atoms with van der Waals surface area (Å²) in [7, 11) is 0. The quantitative estimate of drug-likeness (QED) is 0.903. The lowest BCUT2D eigenvalue weighted by Gasteiger charge is -2.05. The van der Waals surface area contributed by atoms with Gasteiger partial charge in [0.2, 0.25) is 0 Å². The molecule has 1 heterocycles. The van der Waals surface area contributed by atoms with Crippen LogP contribution >= 0.6 is 39.0 Å². The molecule has 1 unspecified atom stereocenters. The normalized spacial score (nSPS) is 13.2. The first-order chi connectivity index (χ1) is 5.74. The Morgan fingerprint density at radius 2 is 2.50 bits per heavy atom. The summed E-state index contributed by atoms with van der Waals surface area (Å²) in [4.78, 5) is 1.05. The van der Waals surface area contributed by atoms with Gasteiger partial charge in [-0.1, -0.05) is 0 Å². The van der Waals surface area contributed by atoms with Crippen LogP contribution in [0.25, 0.3) is 0 Å². The zero-order valence-electron chi connectivity index (χ0n) is 6.79. The summed E-state index contributed by atoms with van der Waals surface area (Å²) in [6.07, 6.45) is 2.61. The Labute approximate surface area is 89.3 Å². The van der Waals surface area contributed by atoms with Gasteiger partial charge >= 0.3 is 0 Å². The van der Waals surface area contributed by atoms with Crippen LogP contribution in [-0.2, 0) is 0 Å². The van der Waals surface area contributed by atoms with E-state index >= 15 is 0 Å². The topological polar surface area (TPSA) is 20.2 Å². The third-order valence-corrected chi connectivity index (χ3v) is 3.95. The molecule has 0 aromatic carbocycles. The highest BCUT2D eigenvalue weighted by molar-refractivity contribution is 9.10. The maximum Gasteiger partial charge on any atom is 0.0890 e. The minimum atomic E-state index is -0.284. The van der Waals surface area contributed by atoms with Crippen molar-refractivity contribution < 1.29 is 5.11 Å². The van der Waals surface area contributed by atoms with E-state index in [9.17, 15) is 5.11 Å². The fourth-order valence-corrected chi connectivity index (χ4v) is 2.80. The smallest absolute Gasteiger partial charge is 0.0890 e. The van der Waals surface area contributed by atoms with E-state index < -0.39 is 0 Å². The molecule has 0 saturated heterocycles. The van der Waals surface area contributed by atoms with Crippen LogP contribution < -0.4 is 0 Å². The molecule has 68 valence electrons. The highest BCUT2D eigenvalue weighted by atomic mass is 79.9. The Morgan fingerprint density at radius 1 is 1.75 bits per heavy atom. The van der Waals surface area contributed by atoms with E-state index in [4.69, 9.17) is 0 Å². The number of aliphatic hydroxyl groups is 1. The summed E-state index contributed by atoms with van der Waals surface area (Å²) in [5.41, 5.74) is 0. The summed E-state index contributed by atoms with van der Waals surface area (Å²) >= 11 is 6.73. The Bertz CT molecular complexity index is 237. The molecule has 1 N–H and O–H groups in total. The average molecular weight is 267 g/mol. The Morgan fingerprint density at radius 3 is 3.00 bits per heavy atom. The summed E-state index contributed by atoms with van der Waals surface area (Å²) in [6.45, 7) is 0. The molecular weight excluding hydrogens is 256 g/mol. The number of halogens is 1. The first-order valence-corrected chi connectivity index (χ1v) is 6.71. The second kappa shape index (κ2) is 5.27. The molecule has 1 atom stereocenters. The fraction of sp³-hybridized carbons (Fsp3) is 0.500. The molecule has 0 aliphatic heterocycles. The largest absolute Gasteiger partial charge is 0.388 e. The van der Waals surface area contributed by atoms with Gasteiger partial charge in [0, 0.05) is 14.7 Å². The highest BCUT2D eigenvalue weighted by Crippen LogP contribution is 2.27. The third-order valence-electron chi connectivity index (χ3n) is 1.51. The molecule has 1 rings (SSSR count). The summed E-state index contributed by atoms with van der Waals surface area (Å²) in [5.74, 6) is 1.01. The lowest BCUT2D eigenvalue weighted by Crippen LogP contribution is -1.95. The molecule has 0 aliphatic carbocycles. The van der Waals surface area contributed by atoms with Crippen molar-refractivity contribution in [3.8, 4) is 0 Å². The van der Waals surface area contributed by atoms with Gasteiger partial charge in [0.15, 0.2) is 0 Å². The summed E-state index contributed by atoms with van der Waals surface area (Å²) in [6, 6.07) is 1.98. The standard InChI is InChI=1S/C8H11BrOS2/c1-11-3-2-7(10)8-4-6(9)5-12-8/h4-5,7,10H,2-3H2,1H3. The van der Waals surface area contributed by atoms with Gasteiger partial charge < -0.3 is 5.11 Å². The average Bonchev–Trinajstić information content (AvgIpc) is 2.47. The molecule has 0 amide bonds. The van der Waals surface area contributed by atoms with Crippen molar-refractivity contribution in [1.29, 1.82) is 0 Å². The molecule has 0 aliphatic rings. The van der Waals surface area contributed by atoms with Crippen LogP contribution in [0.1, 0.15) is 17.4 Å². The van der Waals surface area contributed by atoms with Gasteiger partial charge in [0.25, 0.3) is 0 Å². The first-order valence-electron chi connectivity index (χ1n) is 3.65. The van der Waals surface area contributed by atoms with Gasteiger partial charge in [-0.2, -0.15) is 11.8 Å². The molecule has 1 nitrogen and oxygen atoms in total. The number of rotatable bonds is 4. The van der Waals surface area contributed by atoms with Gasteiger partial charge in [-0.05, 0) is 40.4 Å². The van der Waals surface area contributed by atoms with Crippen LogP contribution in [0.15, 0.2) is 15.9 Å². The monoisotopic (exact) mass is 266 g/mol.